The van der Waals surface area contributed by atoms with Gasteiger partial charge in [-0.15, -0.1) is 0 Å². The van der Waals surface area contributed by atoms with E-state index in [9.17, 15) is 14.0 Å². The van der Waals surface area contributed by atoms with Crippen LogP contribution in [0.25, 0.3) is 0 Å². The number of halogens is 1. The predicted octanol–water partition coefficient (Wildman–Crippen LogP) is 3.46. The summed E-state index contributed by atoms with van der Waals surface area (Å²) in [5, 5.41) is 5.22. The van der Waals surface area contributed by atoms with Crippen molar-refractivity contribution in [1.29, 1.82) is 0 Å². The van der Waals surface area contributed by atoms with Crippen LogP contribution in [-0.2, 0) is 16.0 Å². The van der Waals surface area contributed by atoms with Gasteiger partial charge in [-0.3, -0.25) is 9.59 Å². The van der Waals surface area contributed by atoms with Gasteiger partial charge in [-0.2, -0.15) is 0 Å². The van der Waals surface area contributed by atoms with E-state index in [1.54, 1.807) is 6.92 Å². The van der Waals surface area contributed by atoms with Crippen LogP contribution in [0.4, 0.5) is 15.8 Å². The lowest BCUT2D eigenvalue weighted by molar-refractivity contribution is -0.120. The van der Waals surface area contributed by atoms with Crippen molar-refractivity contribution in [2.75, 3.05) is 10.6 Å². The van der Waals surface area contributed by atoms with Gasteiger partial charge in [0.1, 0.15) is 5.82 Å². The minimum atomic E-state index is -1.01. The van der Waals surface area contributed by atoms with Crippen LogP contribution in [0.5, 0.6) is 0 Å². The highest BCUT2D eigenvalue weighted by Crippen LogP contribution is 2.21. The quantitative estimate of drug-likeness (QED) is 0.709. The van der Waals surface area contributed by atoms with Crippen molar-refractivity contribution in [2.24, 2.45) is 5.73 Å². The average Bonchev–Trinajstić information content (AvgIpc) is 2.58. The summed E-state index contributed by atoms with van der Waals surface area (Å²) in [6.07, 6.45) is 1.43. The first-order chi connectivity index (χ1) is 12.3. The predicted molar refractivity (Wildman–Crippen MR) is 101 cm³/mol. The first kappa shape index (κ1) is 19.6. The second-order valence-corrected chi connectivity index (χ2v) is 6.53. The van der Waals surface area contributed by atoms with Crippen LogP contribution in [0.3, 0.4) is 0 Å². The number of amides is 2. The average molecular weight is 357 g/mol. The highest BCUT2D eigenvalue weighted by molar-refractivity contribution is 5.99. The van der Waals surface area contributed by atoms with Crippen LogP contribution >= 0.6 is 0 Å². The van der Waals surface area contributed by atoms with Crippen LogP contribution in [0.2, 0.25) is 0 Å². The van der Waals surface area contributed by atoms with Crippen molar-refractivity contribution < 1.29 is 14.0 Å². The number of benzene rings is 2. The molecule has 6 heteroatoms. The number of hydrogen-bond donors (Lipinski definition) is 3. The summed E-state index contributed by atoms with van der Waals surface area (Å²) in [4.78, 5) is 24.4. The Balaban J connectivity index is 2.07. The molecule has 1 unspecified atom stereocenters. The molecule has 2 aromatic carbocycles. The monoisotopic (exact) mass is 357 g/mol. The molecule has 0 aliphatic heterocycles. The molecule has 2 aromatic rings. The van der Waals surface area contributed by atoms with E-state index in [4.69, 9.17) is 5.73 Å². The summed E-state index contributed by atoms with van der Waals surface area (Å²) < 4.78 is 14.0. The normalized spacial score (nSPS) is 12.9. The molecule has 0 aromatic heterocycles. The molecule has 4 N–H and O–H groups in total. The van der Waals surface area contributed by atoms with Gasteiger partial charge in [0.15, 0.2) is 0 Å². The molecular formula is C20H24FN3O2. The van der Waals surface area contributed by atoms with E-state index >= 15 is 0 Å². The SMILES string of the molecule is CCCC(C)(N)C(=O)Nc1ccc(F)c(NC(=O)Cc2ccccc2)c1. The number of nitrogens with two attached hydrogens (primary N) is 1. The number of anilines is 2. The van der Waals surface area contributed by atoms with E-state index in [0.717, 1.165) is 12.0 Å². The summed E-state index contributed by atoms with van der Waals surface area (Å²) in [6, 6.07) is 13.2. The van der Waals surface area contributed by atoms with E-state index in [-0.39, 0.29) is 23.9 Å². The van der Waals surface area contributed by atoms with Gasteiger partial charge < -0.3 is 16.4 Å². The van der Waals surface area contributed by atoms with Crippen molar-refractivity contribution in [3.05, 3.63) is 59.9 Å². The van der Waals surface area contributed by atoms with Gasteiger partial charge in [0.2, 0.25) is 11.8 Å². The highest BCUT2D eigenvalue weighted by Gasteiger charge is 2.27. The standard InChI is InChI=1S/C20H24FN3O2/c1-3-11-20(2,22)19(26)23-15-9-10-16(21)17(13-15)24-18(25)12-14-7-5-4-6-8-14/h4-10,13H,3,11-12,22H2,1-2H3,(H,23,26)(H,24,25). The lowest BCUT2D eigenvalue weighted by Crippen LogP contribution is -2.48. The molecule has 0 saturated heterocycles. The summed E-state index contributed by atoms with van der Waals surface area (Å²) in [6.45, 7) is 3.59. The maximum atomic E-state index is 14.0. The van der Waals surface area contributed by atoms with E-state index in [1.165, 1.54) is 18.2 Å². The molecule has 0 spiro atoms. The molecule has 138 valence electrons. The van der Waals surface area contributed by atoms with Gasteiger partial charge in [0.05, 0.1) is 17.6 Å². The molecule has 0 saturated carbocycles. The minimum Gasteiger partial charge on any atom is -0.324 e. The van der Waals surface area contributed by atoms with Crippen molar-refractivity contribution in [1.82, 2.24) is 0 Å². The number of carbonyl (C=O) groups excluding carboxylic acids is 2. The minimum absolute atomic E-state index is 0.0120. The summed E-state index contributed by atoms with van der Waals surface area (Å²) in [5.74, 6) is -1.27. The third-order valence-corrected chi connectivity index (χ3v) is 3.99. The molecule has 0 heterocycles. The second-order valence-electron chi connectivity index (χ2n) is 6.53. The molecule has 0 aliphatic rings. The number of carbonyl (C=O) groups is 2. The second kappa shape index (κ2) is 8.58. The Hall–Kier alpha value is -2.73. The Morgan fingerprint density at radius 3 is 2.46 bits per heavy atom. The molecule has 0 radical (unpaired) electrons. The first-order valence-electron chi connectivity index (χ1n) is 8.55. The van der Waals surface area contributed by atoms with Crippen molar-refractivity contribution in [2.45, 2.75) is 38.6 Å². The third kappa shape index (κ3) is 5.39. The molecule has 0 aliphatic carbocycles. The lowest BCUT2D eigenvalue weighted by atomic mass is 9.96. The molecule has 5 nitrogen and oxygen atoms in total. The molecule has 1 atom stereocenters. The van der Waals surface area contributed by atoms with Crippen LogP contribution in [-0.4, -0.2) is 17.4 Å². The zero-order chi connectivity index (χ0) is 19.2. The van der Waals surface area contributed by atoms with E-state index in [0.29, 0.717) is 12.1 Å². The summed E-state index contributed by atoms with van der Waals surface area (Å²) >= 11 is 0. The van der Waals surface area contributed by atoms with Crippen molar-refractivity contribution in [3.63, 3.8) is 0 Å². The van der Waals surface area contributed by atoms with Gasteiger partial charge in [0, 0.05) is 5.69 Å². The highest BCUT2D eigenvalue weighted by atomic mass is 19.1. The number of hydrogen-bond acceptors (Lipinski definition) is 3. The fourth-order valence-corrected chi connectivity index (χ4v) is 2.58. The van der Waals surface area contributed by atoms with Gasteiger partial charge in [0.25, 0.3) is 0 Å². The molecule has 0 bridgehead atoms. The molecule has 2 amide bonds. The first-order valence-corrected chi connectivity index (χ1v) is 8.55. The fraction of sp³-hybridized carbons (Fsp3) is 0.300. The van der Waals surface area contributed by atoms with E-state index < -0.39 is 11.4 Å². The Morgan fingerprint density at radius 2 is 1.81 bits per heavy atom. The van der Waals surface area contributed by atoms with E-state index in [1.807, 2.05) is 37.3 Å². The largest absolute Gasteiger partial charge is 0.324 e. The van der Waals surface area contributed by atoms with Gasteiger partial charge in [-0.1, -0.05) is 43.7 Å². The van der Waals surface area contributed by atoms with Crippen molar-refractivity contribution >= 4 is 23.2 Å². The molecule has 2 rings (SSSR count). The Labute approximate surface area is 152 Å². The van der Waals surface area contributed by atoms with Crippen LogP contribution < -0.4 is 16.4 Å². The lowest BCUT2D eigenvalue weighted by Gasteiger charge is -2.23. The van der Waals surface area contributed by atoms with Gasteiger partial charge in [-0.25, -0.2) is 4.39 Å². The summed E-state index contributed by atoms with van der Waals surface area (Å²) in [7, 11) is 0. The summed E-state index contributed by atoms with van der Waals surface area (Å²) in [5.41, 5.74) is 6.20. The maximum Gasteiger partial charge on any atom is 0.244 e. The smallest absolute Gasteiger partial charge is 0.244 e. The number of rotatable bonds is 7. The molecule has 26 heavy (non-hydrogen) atoms. The topological polar surface area (TPSA) is 84.2 Å². The molecule has 0 fully saturated rings. The van der Waals surface area contributed by atoms with Crippen LogP contribution in [0.15, 0.2) is 48.5 Å². The van der Waals surface area contributed by atoms with E-state index in [2.05, 4.69) is 10.6 Å². The Morgan fingerprint density at radius 1 is 1.12 bits per heavy atom. The van der Waals surface area contributed by atoms with Crippen LogP contribution in [0, 0.1) is 5.82 Å². The van der Waals surface area contributed by atoms with Gasteiger partial charge >= 0.3 is 0 Å². The molecular weight excluding hydrogens is 333 g/mol. The fourth-order valence-electron chi connectivity index (χ4n) is 2.58. The maximum absolute atomic E-state index is 14.0. The third-order valence-electron chi connectivity index (χ3n) is 3.99. The number of nitrogens with one attached hydrogen (secondary N) is 2. The van der Waals surface area contributed by atoms with Crippen LogP contribution in [0.1, 0.15) is 32.3 Å². The Bertz CT molecular complexity index is 776. The zero-order valence-corrected chi connectivity index (χ0v) is 15.0. The van der Waals surface area contributed by atoms with Crippen molar-refractivity contribution in [3.8, 4) is 0 Å². The zero-order valence-electron chi connectivity index (χ0n) is 15.0. The Kier molecular flexibility index (Phi) is 6.46. The van der Waals surface area contributed by atoms with Gasteiger partial charge in [-0.05, 0) is 37.1 Å².